The van der Waals surface area contributed by atoms with Crippen LogP contribution in [0.25, 0.3) is 0 Å². The van der Waals surface area contributed by atoms with E-state index in [2.05, 4.69) is 10.6 Å². The van der Waals surface area contributed by atoms with Crippen LogP contribution in [0, 0.1) is 25.2 Å². The first-order chi connectivity index (χ1) is 7.99. The monoisotopic (exact) mass is 253 g/mol. The topological polar surface area (TPSA) is 66.4 Å². The number of rotatable bonds is 5. The lowest BCUT2D eigenvalue weighted by Gasteiger charge is -2.10. The minimum atomic E-state index is -3.55. The Morgan fingerprint density at radius 3 is 2.47 bits per heavy atom. The molecule has 0 saturated carbocycles. The molecule has 0 aliphatic carbocycles. The average molecular weight is 253 g/mol. The van der Waals surface area contributed by atoms with Crippen LogP contribution in [0.2, 0.25) is 0 Å². The van der Waals surface area contributed by atoms with Crippen LogP contribution in [-0.4, -0.2) is 26.7 Å². The van der Waals surface area contributed by atoms with E-state index in [0.29, 0.717) is 0 Å². The fraction of sp³-hybridized carbons (Fsp3) is 0.333. The highest BCUT2D eigenvalue weighted by Crippen LogP contribution is 2.09. The van der Waals surface area contributed by atoms with E-state index < -0.39 is 15.9 Å². The zero-order valence-corrected chi connectivity index (χ0v) is 10.4. The molecule has 1 rings (SSSR count). The maximum absolute atomic E-state index is 11.8. The van der Waals surface area contributed by atoms with Gasteiger partial charge >= 0.3 is 0 Å². The van der Waals surface area contributed by atoms with Gasteiger partial charge in [-0.3, -0.25) is 0 Å². The van der Waals surface area contributed by atoms with Crippen LogP contribution in [0.5, 0.6) is 0 Å². The van der Waals surface area contributed by atoms with Gasteiger partial charge < -0.3 is 5.11 Å². The summed E-state index contributed by atoms with van der Waals surface area (Å²) >= 11 is 0. The average Bonchev–Trinajstić information content (AvgIpc) is 2.31. The van der Waals surface area contributed by atoms with Crippen LogP contribution in [-0.2, 0) is 10.0 Å². The Morgan fingerprint density at radius 2 is 2.00 bits per heavy atom. The van der Waals surface area contributed by atoms with Gasteiger partial charge in [0.2, 0.25) is 10.0 Å². The highest BCUT2D eigenvalue weighted by Gasteiger charge is 2.15. The van der Waals surface area contributed by atoms with Crippen LogP contribution in [0.15, 0.2) is 29.2 Å². The molecule has 0 heterocycles. The number of aliphatic hydroxyl groups excluding tert-OH is 1. The summed E-state index contributed by atoms with van der Waals surface area (Å²) in [5.41, 5.74) is 0.987. The summed E-state index contributed by atoms with van der Waals surface area (Å²) in [6, 6.07) is 6.50. The molecule has 4 nitrogen and oxygen atoms in total. The van der Waals surface area contributed by atoms with Crippen LogP contribution >= 0.6 is 0 Å². The number of hydrogen-bond acceptors (Lipinski definition) is 3. The Morgan fingerprint density at radius 1 is 1.41 bits per heavy atom. The van der Waals surface area contributed by atoms with Gasteiger partial charge in [-0.25, -0.2) is 13.1 Å². The minimum absolute atomic E-state index is 0.0310. The van der Waals surface area contributed by atoms with Crippen LogP contribution < -0.4 is 4.72 Å². The fourth-order valence-electron chi connectivity index (χ4n) is 1.19. The molecule has 1 atom stereocenters. The smallest absolute Gasteiger partial charge is 0.240 e. The van der Waals surface area contributed by atoms with E-state index in [-0.39, 0.29) is 18.0 Å². The summed E-state index contributed by atoms with van der Waals surface area (Å²) in [6.45, 7) is 1.67. The SMILES string of the molecule is C#C[C@H](CO)CNS(=O)(=O)c1ccc(C)cc1. The predicted molar refractivity (Wildman–Crippen MR) is 65.8 cm³/mol. The second-order valence-corrected chi connectivity index (χ2v) is 5.48. The zero-order valence-electron chi connectivity index (χ0n) is 9.55. The molecule has 0 spiro atoms. The summed E-state index contributed by atoms with van der Waals surface area (Å²) in [5, 5.41) is 8.85. The lowest BCUT2D eigenvalue weighted by atomic mass is 10.2. The van der Waals surface area contributed by atoms with Crippen molar-refractivity contribution in [1.29, 1.82) is 0 Å². The maximum atomic E-state index is 11.8. The summed E-state index contributed by atoms with van der Waals surface area (Å²) in [5.74, 6) is 1.80. The lowest BCUT2D eigenvalue weighted by molar-refractivity contribution is 0.258. The number of sulfonamides is 1. The number of benzene rings is 1. The second kappa shape index (κ2) is 5.82. The first-order valence-corrected chi connectivity index (χ1v) is 6.61. The molecule has 1 aromatic rings. The van der Waals surface area contributed by atoms with Gasteiger partial charge in [-0.1, -0.05) is 23.6 Å². The standard InChI is InChI=1S/C12H15NO3S/c1-3-11(9-14)8-13-17(15,16)12-6-4-10(2)5-7-12/h1,4-7,11,13-14H,8-9H2,2H3/t11-/m0/s1. The molecular formula is C12H15NO3S. The predicted octanol–water partition coefficient (Wildman–Crippen LogP) is 0.515. The molecule has 0 aromatic heterocycles. The van der Waals surface area contributed by atoms with E-state index in [9.17, 15) is 8.42 Å². The first-order valence-electron chi connectivity index (χ1n) is 5.13. The third-order valence-corrected chi connectivity index (χ3v) is 3.75. The van der Waals surface area contributed by atoms with E-state index in [1.54, 1.807) is 12.1 Å². The van der Waals surface area contributed by atoms with Crippen molar-refractivity contribution in [3.63, 3.8) is 0 Å². The Kier molecular flexibility index (Phi) is 4.70. The lowest BCUT2D eigenvalue weighted by Crippen LogP contribution is -2.30. The van der Waals surface area contributed by atoms with Crippen molar-refractivity contribution >= 4 is 10.0 Å². The van der Waals surface area contributed by atoms with Gasteiger partial charge in [0.25, 0.3) is 0 Å². The summed E-state index contributed by atoms with van der Waals surface area (Å²) in [6.07, 6.45) is 5.13. The van der Waals surface area contributed by atoms with Crippen molar-refractivity contribution in [3.05, 3.63) is 29.8 Å². The van der Waals surface area contributed by atoms with E-state index in [1.165, 1.54) is 12.1 Å². The fourth-order valence-corrected chi connectivity index (χ4v) is 2.27. The van der Waals surface area contributed by atoms with E-state index >= 15 is 0 Å². The van der Waals surface area contributed by atoms with Crippen LogP contribution in [0.3, 0.4) is 0 Å². The summed E-state index contributed by atoms with van der Waals surface area (Å²) in [4.78, 5) is 0.191. The minimum Gasteiger partial charge on any atom is -0.395 e. The molecule has 0 aliphatic heterocycles. The van der Waals surface area contributed by atoms with E-state index in [1.807, 2.05) is 6.92 Å². The molecule has 0 amide bonds. The molecule has 0 aliphatic rings. The summed E-state index contributed by atoms with van der Waals surface area (Å²) < 4.78 is 26.0. The maximum Gasteiger partial charge on any atom is 0.240 e. The van der Waals surface area contributed by atoms with Crippen molar-refractivity contribution < 1.29 is 13.5 Å². The number of hydrogen-bond donors (Lipinski definition) is 2. The van der Waals surface area contributed by atoms with Gasteiger partial charge in [0.1, 0.15) is 0 Å². The second-order valence-electron chi connectivity index (χ2n) is 3.71. The van der Waals surface area contributed by atoms with E-state index in [0.717, 1.165) is 5.56 Å². The Balaban J connectivity index is 2.76. The molecule has 0 radical (unpaired) electrons. The largest absolute Gasteiger partial charge is 0.395 e. The van der Waals surface area contributed by atoms with Gasteiger partial charge in [0.05, 0.1) is 17.4 Å². The van der Waals surface area contributed by atoms with Crippen LogP contribution in [0.1, 0.15) is 5.56 Å². The first kappa shape index (κ1) is 13.7. The Hall–Kier alpha value is -1.35. The molecule has 0 saturated heterocycles. The van der Waals surface area contributed by atoms with Gasteiger partial charge in [-0.2, -0.15) is 0 Å². The van der Waals surface area contributed by atoms with Crippen molar-refractivity contribution in [2.75, 3.05) is 13.2 Å². The molecule has 17 heavy (non-hydrogen) atoms. The zero-order chi connectivity index (χ0) is 12.9. The molecule has 0 bridgehead atoms. The van der Waals surface area contributed by atoms with E-state index in [4.69, 9.17) is 11.5 Å². The molecule has 0 fully saturated rings. The normalized spacial score (nSPS) is 13.0. The van der Waals surface area contributed by atoms with Crippen molar-refractivity contribution in [2.45, 2.75) is 11.8 Å². The number of terminal acetylenes is 1. The van der Waals surface area contributed by atoms with Crippen molar-refractivity contribution in [2.24, 2.45) is 5.92 Å². The Bertz CT molecular complexity index is 500. The molecule has 5 heteroatoms. The Labute approximate surface area is 102 Å². The van der Waals surface area contributed by atoms with Gasteiger partial charge in [0, 0.05) is 6.54 Å². The third kappa shape index (κ3) is 3.86. The highest BCUT2D eigenvalue weighted by molar-refractivity contribution is 7.89. The van der Waals surface area contributed by atoms with Gasteiger partial charge in [0.15, 0.2) is 0 Å². The van der Waals surface area contributed by atoms with Crippen LogP contribution in [0.4, 0.5) is 0 Å². The number of aliphatic hydroxyl groups is 1. The van der Waals surface area contributed by atoms with Gasteiger partial charge in [-0.05, 0) is 19.1 Å². The molecular weight excluding hydrogens is 238 g/mol. The van der Waals surface area contributed by atoms with Crippen molar-refractivity contribution in [1.82, 2.24) is 4.72 Å². The summed E-state index contributed by atoms with van der Waals surface area (Å²) in [7, 11) is -3.55. The quantitative estimate of drug-likeness (QED) is 0.752. The van der Waals surface area contributed by atoms with Crippen molar-refractivity contribution in [3.8, 4) is 12.3 Å². The molecule has 92 valence electrons. The molecule has 2 N–H and O–H groups in total. The third-order valence-electron chi connectivity index (χ3n) is 2.31. The van der Waals surface area contributed by atoms with Gasteiger partial charge in [-0.15, -0.1) is 6.42 Å². The highest BCUT2D eigenvalue weighted by atomic mass is 32.2. The number of aryl methyl sites for hydroxylation is 1. The molecule has 1 aromatic carbocycles. The molecule has 0 unspecified atom stereocenters. The number of nitrogens with one attached hydrogen (secondary N) is 1.